The third-order valence-corrected chi connectivity index (χ3v) is 6.45. The minimum Gasteiger partial charge on any atom is -0.493 e. The molecule has 0 bridgehead atoms. The van der Waals surface area contributed by atoms with Gasteiger partial charge in [0.05, 0.1) is 34.0 Å². The summed E-state index contributed by atoms with van der Waals surface area (Å²) in [7, 11) is 3.12. The van der Waals surface area contributed by atoms with Crippen LogP contribution in [0, 0.1) is 6.92 Å². The number of rotatable bonds is 14. The van der Waals surface area contributed by atoms with Gasteiger partial charge in [-0.2, -0.15) is 0 Å². The summed E-state index contributed by atoms with van der Waals surface area (Å²) in [5.74, 6) is 2.64. The monoisotopic (exact) mass is 526 g/mol. The van der Waals surface area contributed by atoms with Crippen LogP contribution in [0.5, 0.6) is 28.7 Å². The van der Waals surface area contributed by atoms with Gasteiger partial charge in [0, 0.05) is 5.92 Å². The predicted molar refractivity (Wildman–Crippen MR) is 145 cm³/mol. The van der Waals surface area contributed by atoms with Crippen LogP contribution in [0.1, 0.15) is 42.6 Å². The maximum Gasteiger partial charge on any atom is 0.161 e. The normalized spacial score (nSPS) is 14.2. The summed E-state index contributed by atoms with van der Waals surface area (Å²) in [6, 6.07) is 18.0. The van der Waals surface area contributed by atoms with Crippen LogP contribution in [0.25, 0.3) is 0 Å². The average Bonchev–Trinajstić information content (AvgIpc) is 2.95. The summed E-state index contributed by atoms with van der Waals surface area (Å²) in [6.45, 7) is 5.69. The van der Waals surface area contributed by atoms with Crippen molar-refractivity contribution < 1.29 is 39.0 Å². The first-order valence-corrected chi connectivity index (χ1v) is 12.6. The number of methoxy groups -OCH3 is 2. The topological polar surface area (TPSA) is 107 Å². The fourth-order valence-electron chi connectivity index (χ4n) is 4.20. The molecule has 0 spiro atoms. The number of hydrogen-bond donors (Lipinski definition) is 3. The Hall–Kier alpha value is -3.46. The SMILES string of the molecule is CCOc1ccc(C(C)C(CO)Oc2ccc([C@@H](O)[C@H](CO)Oc3ccccc3OC)cc2C)cc1OC. The first-order chi connectivity index (χ1) is 18.4. The van der Waals surface area contributed by atoms with Crippen molar-refractivity contribution in [3.63, 3.8) is 0 Å². The molecule has 3 rings (SSSR count). The third kappa shape index (κ3) is 6.89. The maximum absolute atomic E-state index is 11.0. The van der Waals surface area contributed by atoms with E-state index in [9.17, 15) is 15.3 Å². The summed E-state index contributed by atoms with van der Waals surface area (Å²) >= 11 is 0. The zero-order valence-corrected chi connectivity index (χ0v) is 22.6. The zero-order chi connectivity index (χ0) is 27.7. The number of ether oxygens (including phenoxy) is 5. The molecule has 0 heterocycles. The molecule has 0 fully saturated rings. The van der Waals surface area contributed by atoms with E-state index >= 15 is 0 Å². The molecule has 4 atom stereocenters. The van der Waals surface area contributed by atoms with Crippen molar-refractivity contribution in [3.05, 3.63) is 77.4 Å². The molecule has 0 amide bonds. The second-order valence-electron chi connectivity index (χ2n) is 8.93. The van der Waals surface area contributed by atoms with Crippen molar-refractivity contribution in [1.82, 2.24) is 0 Å². The van der Waals surface area contributed by atoms with E-state index in [1.54, 1.807) is 43.5 Å². The molecule has 0 saturated heterocycles. The Balaban J connectivity index is 1.75. The maximum atomic E-state index is 11.0. The van der Waals surface area contributed by atoms with E-state index in [1.165, 1.54) is 7.11 Å². The van der Waals surface area contributed by atoms with Gasteiger partial charge < -0.3 is 39.0 Å². The minimum absolute atomic E-state index is 0.151. The molecule has 0 radical (unpaired) electrons. The van der Waals surface area contributed by atoms with Gasteiger partial charge in [-0.05, 0) is 66.9 Å². The second-order valence-corrected chi connectivity index (χ2v) is 8.93. The Labute approximate surface area is 224 Å². The highest BCUT2D eigenvalue weighted by Gasteiger charge is 2.26. The summed E-state index contributed by atoms with van der Waals surface area (Å²) in [6.07, 6.45) is -2.52. The van der Waals surface area contributed by atoms with E-state index in [0.29, 0.717) is 40.9 Å². The van der Waals surface area contributed by atoms with Crippen LogP contribution in [0.3, 0.4) is 0 Å². The molecule has 8 nitrogen and oxygen atoms in total. The highest BCUT2D eigenvalue weighted by atomic mass is 16.5. The van der Waals surface area contributed by atoms with Crippen molar-refractivity contribution >= 4 is 0 Å². The van der Waals surface area contributed by atoms with Crippen LogP contribution in [0.15, 0.2) is 60.7 Å². The van der Waals surface area contributed by atoms with Crippen molar-refractivity contribution in [1.29, 1.82) is 0 Å². The van der Waals surface area contributed by atoms with Gasteiger partial charge in [-0.25, -0.2) is 0 Å². The molecule has 0 aromatic heterocycles. The van der Waals surface area contributed by atoms with Crippen LogP contribution in [0.2, 0.25) is 0 Å². The van der Waals surface area contributed by atoms with Gasteiger partial charge in [0.25, 0.3) is 0 Å². The number of para-hydroxylation sites is 2. The molecular formula is C30H38O8. The number of aliphatic hydroxyl groups is 3. The Kier molecular flexibility index (Phi) is 10.6. The Morgan fingerprint density at radius 2 is 1.32 bits per heavy atom. The van der Waals surface area contributed by atoms with E-state index in [0.717, 1.165) is 11.1 Å². The van der Waals surface area contributed by atoms with Gasteiger partial charge in [-0.15, -0.1) is 0 Å². The van der Waals surface area contributed by atoms with Crippen molar-refractivity contribution in [2.75, 3.05) is 34.0 Å². The van der Waals surface area contributed by atoms with Crippen molar-refractivity contribution in [2.45, 2.75) is 45.0 Å². The molecule has 3 aromatic carbocycles. The van der Waals surface area contributed by atoms with E-state index in [-0.39, 0.29) is 12.5 Å². The Morgan fingerprint density at radius 1 is 0.711 bits per heavy atom. The molecule has 0 aliphatic heterocycles. The first kappa shape index (κ1) is 29.1. The van der Waals surface area contributed by atoms with Crippen molar-refractivity contribution in [3.8, 4) is 28.7 Å². The molecule has 38 heavy (non-hydrogen) atoms. The van der Waals surface area contributed by atoms with E-state index < -0.39 is 24.9 Å². The van der Waals surface area contributed by atoms with E-state index in [4.69, 9.17) is 23.7 Å². The zero-order valence-electron chi connectivity index (χ0n) is 22.6. The summed E-state index contributed by atoms with van der Waals surface area (Å²) < 4.78 is 28.4. The molecule has 2 unspecified atom stereocenters. The first-order valence-electron chi connectivity index (χ1n) is 12.6. The van der Waals surface area contributed by atoms with Crippen LogP contribution >= 0.6 is 0 Å². The van der Waals surface area contributed by atoms with Crippen LogP contribution in [-0.4, -0.2) is 61.6 Å². The molecular weight excluding hydrogens is 488 g/mol. The van der Waals surface area contributed by atoms with Gasteiger partial charge in [-0.3, -0.25) is 0 Å². The molecule has 0 saturated carbocycles. The molecule has 0 aliphatic carbocycles. The molecule has 206 valence electrons. The Morgan fingerprint density at radius 3 is 1.92 bits per heavy atom. The van der Waals surface area contributed by atoms with E-state index in [1.807, 2.05) is 45.0 Å². The summed E-state index contributed by atoms with van der Waals surface area (Å²) in [5.41, 5.74) is 2.27. The lowest BCUT2D eigenvalue weighted by atomic mass is 9.95. The molecule has 3 aromatic rings. The minimum atomic E-state index is -1.10. The van der Waals surface area contributed by atoms with Gasteiger partial charge in [0.1, 0.15) is 18.0 Å². The summed E-state index contributed by atoms with van der Waals surface area (Å²) in [5, 5.41) is 31.0. The smallest absolute Gasteiger partial charge is 0.161 e. The van der Waals surface area contributed by atoms with Gasteiger partial charge in [-0.1, -0.05) is 31.2 Å². The number of benzene rings is 3. The quantitative estimate of drug-likeness (QED) is 0.283. The Bertz CT molecular complexity index is 1160. The summed E-state index contributed by atoms with van der Waals surface area (Å²) in [4.78, 5) is 0. The highest BCUT2D eigenvalue weighted by Crippen LogP contribution is 2.35. The third-order valence-electron chi connectivity index (χ3n) is 6.45. The lowest BCUT2D eigenvalue weighted by molar-refractivity contribution is -0.000485. The largest absolute Gasteiger partial charge is 0.493 e. The van der Waals surface area contributed by atoms with Gasteiger partial charge in [0.2, 0.25) is 0 Å². The lowest BCUT2D eigenvalue weighted by Gasteiger charge is -2.26. The predicted octanol–water partition coefficient (Wildman–Crippen LogP) is 4.43. The molecule has 3 N–H and O–H groups in total. The number of aryl methyl sites for hydroxylation is 1. The molecule has 0 aliphatic rings. The average molecular weight is 527 g/mol. The standard InChI is InChI=1S/C30H38O8/c1-6-36-25-14-11-21(16-27(25)35-5)20(3)28(17-31)37-23-13-12-22(15-19(23)2)30(33)29(18-32)38-26-10-8-7-9-24(26)34-4/h7-16,20,28-33H,6,17-18H2,1-5H3/t20?,28?,29-,30+/m0/s1. The lowest BCUT2D eigenvalue weighted by Crippen LogP contribution is -2.29. The van der Waals surface area contributed by atoms with E-state index in [2.05, 4.69) is 0 Å². The van der Waals surface area contributed by atoms with Crippen LogP contribution < -0.4 is 23.7 Å². The van der Waals surface area contributed by atoms with Crippen LogP contribution in [0.4, 0.5) is 0 Å². The number of aliphatic hydroxyl groups excluding tert-OH is 3. The van der Waals surface area contributed by atoms with Gasteiger partial charge in [0.15, 0.2) is 29.1 Å². The van der Waals surface area contributed by atoms with Crippen LogP contribution in [-0.2, 0) is 0 Å². The van der Waals surface area contributed by atoms with Gasteiger partial charge >= 0.3 is 0 Å². The fourth-order valence-corrected chi connectivity index (χ4v) is 4.20. The molecule has 8 heteroatoms. The van der Waals surface area contributed by atoms with Crippen molar-refractivity contribution in [2.24, 2.45) is 0 Å². The number of hydrogen-bond acceptors (Lipinski definition) is 8. The highest BCUT2D eigenvalue weighted by molar-refractivity contribution is 5.45. The second kappa shape index (κ2) is 13.9. The fraction of sp³-hybridized carbons (Fsp3) is 0.400.